The number of alkyl halides is 3. The first kappa shape index (κ1) is 22.1. The summed E-state index contributed by atoms with van der Waals surface area (Å²) < 4.78 is 44.7. The molecule has 35 heavy (non-hydrogen) atoms. The maximum Gasteiger partial charge on any atom is 0.416 e. The van der Waals surface area contributed by atoms with Gasteiger partial charge >= 0.3 is 6.18 Å². The highest BCUT2D eigenvalue weighted by atomic mass is 19.4. The number of nitrogens with one attached hydrogen (secondary N) is 2. The summed E-state index contributed by atoms with van der Waals surface area (Å²) in [6.45, 7) is 0. The molecule has 0 aliphatic heterocycles. The van der Waals surface area contributed by atoms with Crippen LogP contribution in [0.15, 0.2) is 91.1 Å². The van der Waals surface area contributed by atoms with E-state index < -0.39 is 11.7 Å². The molecule has 5 aromatic rings. The summed E-state index contributed by atoms with van der Waals surface area (Å²) in [4.78, 5) is 24.5. The maximum absolute atomic E-state index is 13.0. The van der Waals surface area contributed by atoms with E-state index in [9.17, 15) is 18.0 Å². The van der Waals surface area contributed by atoms with E-state index in [0.717, 1.165) is 12.1 Å². The summed E-state index contributed by atoms with van der Waals surface area (Å²) in [6.07, 6.45) is -3.02. The van der Waals surface area contributed by atoms with Crippen molar-refractivity contribution in [2.45, 2.75) is 6.18 Å². The Bertz CT molecular complexity index is 1510. The zero-order chi connectivity index (χ0) is 24.4. The number of fused-ring (bicyclic) bond motifs is 1. The van der Waals surface area contributed by atoms with E-state index >= 15 is 0 Å². The average Bonchev–Trinajstić information content (AvgIpc) is 3.26. The number of carbonyl (C=O) groups is 1. The minimum atomic E-state index is -4.49. The Kier molecular flexibility index (Phi) is 5.66. The Morgan fingerprint density at radius 1 is 0.886 bits per heavy atom. The first-order valence-electron chi connectivity index (χ1n) is 10.5. The van der Waals surface area contributed by atoms with Gasteiger partial charge in [0.15, 0.2) is 5.78 Å². The lowest BCUT2D eigenvalue weighted by atomic mass is 10.0. The maximum atomic E-state index is 13.0. The van der Waals surface area contributed by atoms with Gasteiger partial charge in [-0.25, -0.2) is 9.97 Å². The molecule has 3 aromatic carbocycles. The van der Waals surface area contributed by atoms with Gasteiger partial charge in [-0.05, 0) is 48.5 Å². The van der Waals surface area contributed by atoms with Crippen LogP contribution < -0.4 is 10.1 Å². The third-order valence-corrected chi connectivity index (χ3v) is 5.18. The number of carbonyl (C=O) groups excluding carboxylic acids is 1. The van der Waals surface area contributed by atoms with E-state index in [1.807, 2.05) is 6.07 Å². The van der Waals surface area contributed by atoms with Crippen LogP contribution >= 0.6 is 0 Å². The van der Waals surface area contributed by atoms with Crippen molar-refractivity contribution in [1.82, 2.24) is 15.0 Å². The van der Waals surface area contributed by atoms with Gasteiger partial charge in [0.05, 0.1) is 16.6 Å². The van der Waals surface area contributed by atoms with Crippen molar-refractivity contribution < 1.29 is 22.7 Å². The molecule has 2 aromatic heterocycles. The van der Waals surface area contributed by atoms with Crippen LogP contribution in [0, 0.1) is 0 Å². The molecule has 5 rings (SSSR count). The van der Waals surface area contributed by atoms with Crippen molar-refractivity contribution >= 4 is 28.5 Å². The number of anilines is 2. The van der Waals surface area contributed by atoms with Crippen LogP contribution in [0.2, 0.25) is 0 Å². The second kappa shape index (κ2) is 8.94. The van der Waals surface area contributed by atoms with Gasteiger partial charge in [0, 0.05) is 17.3 Å². The van der Waals surface area contributed by atoms with Crippen LogP contribution in [0.5, 0.6) is 11.6 Å². The fourth-order valence-electron chi connectivity index (χ4n) is 3.51. The van der Waals surface area contributed by atoms with Crippen LogP contribution in [0.25, 0.3) is 11.0 Å². The molecule has 0 amide bonds. The molecule has 0 spiro atoms. The summed E-state index contributed by atoms with van der Waals surface area (Å²) in [7, 11) is 0. The van der Waals surface area contributed by atoms with Gasteiger partial charge in [0.2, 0.25) is 11.8 Å². The SMILES string of the molecule is O=C(c1ccccc1)c1ccc2nc(Nc3cccnc3Oc3cccc(C(F)(F)F)c3)[nH]c2c1. The second-order valence-corrected chi connectivity index (χ2v) is 7.62. The summed E-state index contributed by atoms with van der Waals surface area (Å²) in [5.74, 6) is 0.314. The lowest BCUT2D eigenvalue weighted by Crippen LogP contribution is -2.04. The number of H-pyrrole nitrogens is 1. The van der Waals surface area contributed by atoms with Gasteiger partial charge in [-0.2, -0.15) is 13.2 Å². The van der Waals surface area contributed by atoms with Crippen LogP contribution in [0.1, 0.15) is 21.5 Å². The normalized spacial score (nSPS) is 11.4. The highest BCUT2D eigenvalue weighted by molar-refractivity contribution is 6.10. The van der Waals surface area contributed by atoms with Crippen molar-refractivity contribution in [1.29, 1.82) is 0 Å². The molecule has 0 aliphatic rings. The Hall–Kier alpha value is -4.66. The molecular formula is C26H17F3N4O2. The predicted molar refractivity (Wildman–Crippen MR) is 125 cm³/mol. The smallest absolute Gasteiger partial charge is 0.416 e. The number of aromatic amines is 1. The number of hydrogen-bond donors (Lipinski definition) is 2. The Morgan fingerprint density at radius 2 is 1.71 bits per heavy atom. The molecule has 174 valence electrons. The molecule has 0 aliphatic carbocycles. The molecule has 6 nitrogen and oxygen atoms in total. The first-order chi connectivity index (χ1) is 16.9. The Balaban J connectivity index is 1.39. The third kappa shape index (κ3) is 4.84. The van der Waals surface area contributed by atoms with Crippen LogP contribution in [0.3, 0.4) is 0 Å². The van der Waals surface area contributed by atoms with E-state index in [4.69, 9.17) is 4.74 Å². The minimum Gasteiger partial charge on any atom is -0.437 e. The summed E-state index contributed by atoms with van der Waals surface area (Å²) in [5, 5.41) is 3.05. The summed E-state index contributed by atoms with van der Waals surface area (Å²) >= 11 is 0. The molecule has 0 saturated carbocycles. The van der Waals surface area contributed by atoms with E-state index in [1.54, 1.807) is 54.6 Å². The number of halogens is 3. The van der Waals surface area contributed by atoms with Gasteiger partial charge in [0.1, 0.15) is 11.4 Å². The largest absolute Gasteiger partial charge is 0.437 e. The predicted octanol–water partition coefficient (Wildman–Crippen LogP) is 6.74. The lowest BCUT2D eigenvalue weighted by molar-refractivity contribution is -0.137. The summed E-state index contributed by atoms with van der Waals surface area (Å²) in [5.41, 5.74) is 1.92. The van der Waals surface area contributed by atoms with Gasteiger partial charge in [-0.15, -0.1) is 0 Å². The standard InChI is InChI=1S/C26H17F3N4O2/c27-26(28,29)18-8-4-9-19(15-18)35-24-21(10-5-13-30-24)32-25-31-20-12-11-17(14-22(20)33-25)23(34)16-6-2-1-3-7-16/h1-15H,(H2,31,32,33). The molecule has 0 bridgehead atoms. The van der Waals surface area contributed by atoms with Crippen molar-refractivity contribution in [2.24, 2.45) is 0 Å². The zero-order valence-corrected chi connectivity index (χ0v) is 18.0. The highest BCUT2D eigenvalue weighted by Gasteiger charge is 2.30. The number of ketones is 1. The quantitative estimate of drug-likeness (QED) is 0.266. The molecule has 9 heteroatoms. The van der Waals surface area contributed by atoms with Crippen molar-refractivity contribution in [2.75, 3.05) is 5.32 Å². The molecule has 0 fully saturated rings. The molecule has 0 atom stereocenters. The van der Waals surface area contributed by atoms with Crippen LogP contribution in [0.4, 0.5) is 24.8 Å². The first-order valence-corrected chi connectivity index (χ1v) is 10.5. The number of ether oxygens (including phenoxy) is 1. The molecule has 0 radical (unpaired) electrons. The number of rotatable bonds is 6. The number of nitrogens with zero attached hydrogens (tertiary/aromatic N) is 2. The molecule has 0 saturated heterocycles. The number of aromatic nitrogens is 3. The molecule has 2 N–H and O–H groups in total. The van der Waals surface area contributed by atoms with Gasteiger partial charge in [-0.3, -0.25) is 4.79 Å². The minimum absolute atomic E-state index is 0.00440. The van der Waals surface area contributed by atoms with Gasteiger partial charge < -0.3 is 15.0 Å². The van der Waals surface area contributed by atoms with Gasteiger partial charge in [-0.1, -0.05) is 36.4 Å². The van der Waals surface area contributed by atoms with E-state index in [-0.39, 0.29) is 17.4 Å². The van der Waals surface area contributed by atoms with Crippen LogP contribution in [-0.2, 0) is 6.18 Å². The molecule has 0 unspecified atom stereocenters. The number of pyridine rings is 1. The van der Waals surface area contributed by atoms with Gasteiger partial charge in [0.25, 0.3) is 0 Å². The fraction of sp³-hybridized carbons (Fsp3) is 0.0385. The lowest BCUT2D eigenvalue weighted by Gasteiger charge is -2.12. The zero-order valence-electron chi connectivity index (χ0n) is 18.0. The van der Waals surface area contributed by atoms with Crippen molar-refractivity contribution in [3.05, 3.63) is 108 Å². The number of hydrogen-bond acceptors (Lipinski definition) is 5. The monoisotopic (exact) mass is 474 g/mol. The number of benzene rings is 3. The van der Waals surface area contributed by atoms with Crippen LogP contribution in [-0.4, -0.2) is 20.7 Å². The third-order valence-electron chi connectivity index (χ3n) is 5.18. The van der Waals surface area contributed by atoms with Crippen molar-refractivity contribution in [3.63, 3.8) is 0 Å². The van der Waals surface area contributed by atoms with E-state index in [0.29, 0.717) is 33.8 Å². The molecular weight excluding hydrogens is 457 g/mol. The van der Waals surface area contributed by atoms with E-state index in [2.05, 4.69) is 20.3 Å². The average molecular weight is 474 g/mol. The summed E-state index contributed by atoms with van der Waals surface area (Å²) in [6, 6.07) is 22.0. The Labute approximate surface area is 197 Å². The second-order valence-electron chi connectivity index (χ2n) is 7.62. The topological polar surface area (TPSA) is 79.9 Å². The number of imidazole rings is 1. The van der Waals surface area contributed by atoms with Crippen molar-refractivity contribution in [3.8, 4) is 11.6 Å². The van der Waals surface area contributed by atoms with E-state index in [1.165, 1.54) is 18.3 Å². The Morgan fingerprint density at radius 3 is 2.51 bits per heavy atom. The fourth-order valence-corrected chi connectivity index (χ4v) is 3.51. The highest BCUT2D eigenvalue weighted by Crippen LogP contribution is 2.34. The molecule has 2 heterocycles.